The molecule has 2 heterocycles. The first kappa shape index (κ1) is 16.1. The number of hydrogen-bond acceptors (Lipinski definition) is 3. The summed E-state index contributed by atoms with van der Waals surface area (Å²) in [6.07, 6.45) is 3.13. The molecule has 0 saturated carbocycles. The summed E-state index contributed by atoms with van der Waals surface area (Å²) >= 11 is 0. The van der Waals surface area contributed by atoms with Crippen molar-refractivity contribution in [3.63, 3.8) is 0 Å². The summed E-state index contributed by atoms with van der Waals surface area (Å²) in [5.41, 5.74) is 0.891. The largest absolute Gasteiger partial charge is 0.337 e. The third-order valence-corrected chi connectivity index (χ3v) is 3.95. The number of carbonyl (C=O) groups is 2. The first-order chi connectivity index (χ1) is 11.6. The monoisotopic (exact) mass is 327 g/mol. The minimum atomic E-state index is -0.435. The molecule has 3 rings (SSSR count). The number of anilines is 1. The molecular formula is C18H18FN3O2. The Labute approximate surface area is 139 Å². The molecule has 1 saturated heterocycles. The van der Waals surface area contributed by atoms with Gasteiger partial charge in [-0.1, -0.05) is 6.07 Å². The Balaban J connectivity index is 1.73. The summed E-state index contributed by atoms with van der Waals surface area (Å²) in [7, 11) is 0. The molecule has 2 amide bonds. The van der Waals surface area contributed by atoms with Gasteiger partial charge in [-0.3, -0.25) is 9.59 Å². The molecule has 124 valence electrons. The lowest BCUT2D eigenvalue weighted by molar-refractivity contribution is 0.0718. The van der Waals surface area contributed by atoms with Gasteiger partial charge in [-0.2, -0.15) is 0 Å². The normalized spacial score (nSPS) is 14.3. The predicted molar refractivity (Wildman–Crippen MR) is 88.3 cm³/mol. The van der Waals surface area contributed by atoms with Gasteiger partial charge in [0, 0.05) is 18.8 Å². The van der Waals surface area contributed by atoms with Crippen molar-refractivity contribution in [2.75, 3.05) is 18.4 Å². The third-order valence-electron chi connectivity index (χ3n) is 3.95. The van der Waals surface area contributed by atoms with E-state index in [1.807, 2.05) is 0 Å². The Bertz CT molecular complexity index is 740. The molecule has 0 spiro atoms. The van der Waals surface area contributed by atoms with E-state index in [0.717, 1.165) is 32.4 Å². The highest BCUT2D eigenvalue weighted by Gasteiger charge is 2.20. The molecule has 0 radical (unpaired) electrons. The van der Waals surface area contributed by atoms with Crippen LogP contribution in [0, 0.1) is 5.82 Å². The zero-order chi connectivity index (χ0) is 16.9. The Hall–Kier alpha value is -2.76. The number of hydrogen-bond donors (Lipinski definition) is 1. The van der Waals surface area contributed by atoms with Crippen LogP contribution in [0.25, 0.3) is 0 Å². The summed E-state index contributed by atoms with van der Waals surface area (Å²) in [4.78, 5) is 30.7. The van der Waals surface area contributed by atoms with Crippen molar-refractivity contribution >= 4 is 17.5 Å². The second-order valence-electron chi connectivity index (χ2n) is 5.72. The van der Waals surface area contributed by atoms with E-state index >= 15 is 0 Å². The molecule has 1 N–H and O–H groups in total. The first-order valence-corrected chi connectivity index (χ1v) is 7.97. The van der Waals surface area contributed by atoms with E-state index in [1.54, 1.807) is 23.1 Å². The van der Waals surface area contributed by atoms with Crippen LogP contribution in [-0.2, 0) is 0 Å². The van der Waals surface area contributed by atoms with Crippen LogP contribution in [0.1, 0.15) is 40.2 Å². The number of nitrogens with zero attached hydrogens (tertiary/aromatic N) is 2. The molecule has 24 heavy (non-hydrogen) atoms. The molecule has 0 atom stereocenters. The zero-order valence-corrected chi connectivity index (χ0v) is 13.2. The van der Waals surface area contributed by atoms with Crippen molar-refractivity contribution in [1.29, 1.82) is 0 Å². The number of piperidine rings is 1. The Kier molecular flexibility index (Phi) is 4.84. The van der Waals surface area contributed by atoms with Crippen molar-refractivity contribution in [1.82, 2.24) is 9.88 Å². The van der Waals surface area contributed by atoms with Crippen LogP contribution >= 0.6 is 0 Å². The molecule has 2 aromatic rings. The quantitative estimate of drug-likeness (QED) is 0.942. The van der Waals surface area contributed by atoms with Gasteiger partial charge in [-0.05, 0) is 55.7 Å². The van der Waals surface area contributed by atoms with Gasteiger partial charge in [0.25, 0.3) is 11.8 Å². The van der Waals surface area contributed by atoms with Gasteiger partial charge in [0.2, 0.25) is 0 Å². The second kappa shape index (κ2) is 7.21. The number of pyridine rings is 1. The standard InChI is InChI=1S/C18H18FN3O2/c19-13-7-9-14(10-8-13)20-17(23)15-5-4-6-16(21-15)18(24)22-11-2-1-3-12-22/h4-10H,1-3,11-12H2,(H,20,23). The smallest absolute Gasteiger partial charge is 0.274 e. The minimum Gasteiger partial charge on any atom is -0.337 e. The molecule has 0 unspecified atom stereocenters. The van der Waals surface area contributed by atoms with E-state index < -0.39 is 5.91 Å². The number of benzene rings is 1. The van der Waals surface area contributed by atoms with Crippen LogP contribution in [0.15, 0.2) is 42.5 Å². The van der Waals surface area contributed by atoms with Crippen LogP contribution in [0.3, 0.4) is 0 Å². The summed E-state index contributed by atoms with van der Waals surface area (Å²) < 4.78 is 12.9. The molecule has 1 aromatic carbocycles. The molecule has 1 aromatic heterocycles. The highest BCUT2D eigenvalue weighted by Crippen LogP contribution is 2.13. The molecule has 6 heteroatoms. The maximum absolute atomic E-state index is 12.9. The Morgan fingerprint density at radius 3 is 2.33 bits per heavy atom. The number of aromatic nitrogens is 1. The van der Waals surface area contributed by atoms with Crippen molar-refractivity contribution < 1.29 is 14.0 Å². The van der Waals surface area contributed by atoms with E-state index in [4.69, 9.17) is 0 Å². The van der Waals surface area contributed by atoms with Gasteiger partial charge < -0.3 is 10.2 Å². The maximum Gasteiger partial charge on any atom is 0.274 e. The second-order valence-corrected chi connectivity index (χ2v) is 5.72. The average Bonchev–Trinajstić information content (AvgIpc) is 2.64. The summed E-state index contributed by atoms with van der Waals surface area (Å²) in [5.74, 6) is -0.957. The van der Waals surface area contributed by atoms with E-state index in [-0.39, 0.29) is 23.1 Å². The number of rotatable bonds is 3. The number of halogens is 1. The van der Waals surface area contributed by atoms with Crippen LogP contribution < -0.4 is 5.32 Å². The molecule has 1 aliphatic rings. The van der Waals surface area contributed by atoms with Crippen molar-refractivity contribution in [3.8, 4) is 0 Å². The van der Waals surface area contributed by atoms with Gasteiger partial charge in [0.15, 0.2) is 0 Å². The Morgan fingerprint density at radius 1 is 0.958 bits per heavy atom. The zero-order valence-electron chi connectivity index (χ0n) is 13.2. The van der Waals surface area contributed by atoms with Crippen LogP contribution in [0.4, 0.5) is 10.1 Å². The summed E-state index contributed by atoms with van der Waals surface area (Å²) in [6.45, 7) is 1.46. The fourth-order valence-electron chi connectivity index (χ4n) is 2.67. The van der Waals surface area contributed by atoms with Gasteiger partial charge in [0.1, 0.15) is 17.2 Å². The lowest BCUT2D eigenvalue weighted by Crippen LogP contribution is -2.36. The van der Waals surface area contributed by atoms with Gasteiger partial charge in [-0.15, -0.1) is 0 Å². The SMILES string of the molecule is O=C(Nc1ccc(F)cc1)c1cccc(C(=O)N2CCCCC2)n1. The summed E-state index contributed by atoms with van der Waals surface area (Å²) in [5, 5.41) is 2.64. The van der Waals surface area contributed by atoms with Gasteiger partial charge in [0.05, 0.1) is 0 Å². The van der Waals surface area contributed by atoms with Crippen molar-refractivity contribution in [2.24, 2.45) is 0 Å². The third kappa shape index (κ3) is 3.76. The summed E-state index contributed by atoms with van der Waals surface area (Å²) in [6, 6.07) is 10.3. The minimum absolute atomic E-state index is 0.147. The van der Waals surface area contributed by atoms with Crippen LogP contribution in [-0.4, -0.2) is 34.8 Å². The first-order valence-electron chi connectivity index (χ1n) is 7.97. The van der Waals surface area contributed by atoms with Crippen molar-refractivity contribution in [3.05, 3.63) is 59.7 Å². The lowest BCUT2D eigenvalue weighted by atomic mass is 10.1. The maximum atomic E-state index is 12.9. The van der Waals surface area contributed by atoms with Crippen molar-refractivity contribution in [2.45, 2.75) is 19.3 Å². The van der Waals surface area contributed by atoms with Gasteiger partial charge >= 0.3 is 0 Å². The molecule has 0 bridgehead atoms. The van der Waals surface area contributed by atoms with E-state index in [9.17, 15) is 14.0 Å². The molecule has 1 aliphatic heterocycles. The number of carbonyl (C=O) groups excluding carboxylic acids is 2. The Morgan fingerprint density at radius 2 is 1.62 bits per heavy atom. The predicted octanol–water partition coefficient (Wildman–Crippen LogP) is 3.10. The van der Waals surface area contributed by atoms with E-state index in [0.29, 0.717) is 5.69 Å². The number of amides is 2. The number of likely N-dealkylation sites (tertiary alicyclic amines) is 1. The van der Waals surface area contributed by atoms with E-state index in [2.05, 4.69) is 10.3 Å². The molecule has 5 nitrogen and oxygen atoms in total. The topological polar surface area (TPSA) is 62.3 Å². The molecule has 1 fully saturated rings. The molecule has 0 aliphatic carbocycles. The fourth-order valence-corrected chi connectivity index (χ4v) is 2.67. The number of nitrogens with one attached hydrogen (secondary N) is 1. The lowest BCUT2D eigenvalue weighted by Gasteiger charge is -2.26. The van der Waals surface area contributed by atoms with E-state index in [1.165, 1.54) is 24.3 Å². The molecular weight excluding hydrogens is 309 g/mol. The average molecular weight is 327 g/mol. The van der Waals surface area contributed by atoms with Gasteiger partial charge in [-0.25, -0.2) is 9.37 Å². The van der Waals surface area contributed by atoms with Crippen LogP contribution in [0.2, 0.25) is 0 Å². The van der Waals surface area contributed by atoms with Crippen LogP contribution in [0.5, 0.6) is 0 Å². The highest BCUT2D eigenvalue weighted by atomic mass is 19.1. The highest BCUT2D eigenvalue weighted by molar-refractivity contribution is 6.03. The fraction of sp³-hybridized carbons (Fsp3) is 0.278.